The fourth-order valence-electron chi connectivity index (χ4n) is 1.17. The first-order valence-corrected chi connectivity index (χ1v) is 7.47. The van der Waals surface area contributed by atoms with Crippen LogP contribution in [-0.2, 0) is 0 Å². The summed E-state index contributed by atoms with van der Waals surface area (Å²) in [5, 5.41) is 0.665. The van der Waals surface area contributed by atoms with Crippen LogP contribution in [0.1, 0.15) is 16.8 Å². The number of ketones is 1. The summed E-state index contributed by atoms with van der Waals surface area (Å²) in [6, 6.07) is 7.06. The van der Waals surface area contributed by atoms with E-state index in [9.17, 15) is 4.79 Å². The molecule has 0 aromatic heterocycles. The van der Waals surface area contributed by atoms with Crippen LogP contribution in [0.5, 0.6) is 0 Å². The fourth-order valence-corrected chi connectivity index (χ4v) is 2.70. The minimum Gasteiger partial charge on any atom is -0.294 e. The van der Waals surface area contributed by atoms with Crippen molar-refractivity contribution in [3.63, 3.8) is 0 Å². The molecule has 15 heavy (non-hydrogen) atoms. The monoisotopic (exact) mass is 260 g/mol. The molecule has 82 valence electrons. The molecule has 0 atom stereocenters. The highest BCUT2D eigenvalue weighted by Gasteiger charge is 2.12. The zero-order valence-corrected chi connectivity index (χ0v) is 11.1. The van der Waals surface area contributed by atoms with Crippen LogP contribution in [0.25, 0.3) is 0 Å². The van der Waals surface area contributed by atoms with Crippen molar-refractivity contribution in [2.75, 3.05) is 12.5 Å². The Morgan fingerprint density at radius 1 is 1.27 bits per heavy atom. The average Bonchev–Trinajstić information content (AvgIpc) is 2.26. The molecule has 0 aliphatic carbocycles. The maximum atomic E-state index is 11.8. The quantitative estimate of drug-likeness (QED) is 0.589. The van der Waals surface area contributed by atoms with Crippen molar-refractivity contribution in [1.29, 1.82) is 0 Å². The van der Waals surface area contributed by atoms with Crippen molar-refractivity contribution < 1.29 is 4.79 Å². The Hall–Kier alpha value is -0.120. The summed E-state index contributed by atoms with van der Waals surface area (Å²) in [7, 11) is 0. The lowest BCUT2D eigenvalue weighted by Crippen LogP contribution is -2.06. The Balaban J connectivity index is 2.64. The minimum atomic E-state index is 0.181. The third-order valence-corrected chi connectivity index (χ3v) is 4.84. The van der Waals surface area contributed by atoms with Crippen LogP contribution >= 0.6 is 35.1 Å². The van der Waals surface area contributed by atoms with Crippen molar-refractivity contribution in [2.45, 2.75) is 11.0 Å². The summed E-state index contributed by atoms with van der Waals surface area (Å²) in [4.78, 5) is 11.8. The van der Waals surface area contributed by atoms with Crippen LogP contribution in [0.4, 0.5) is 0 Å². The molecule has 0 N–H and O–H groups in total. The van der Waals surface area contributed by atoms with Gasteiger partial charge >= 0.3 is 0 Å². The van der Waals surface area contributed by atoms with Gasteiger partial charge in [0.1, 0.15) is 0 Å². The third-order valence-electron chi connectivity index (χ3n) is 2.04. The van der Waals surface area contributed by atoms with Gasteiger partial charge in [-0.25, -0.2) is 0 Å². The topological polar surface area (TPSA) is 17.1 Å². The van der Waals surface area contributed by atoms with E-state index in [1.54, 1.807) is 47.8 Å². The molecule has 0 aliphatic rings. The SMILES string of the molecule is CSC(CC(=O)c1ccc(Cl)cc1)SC. The van der Waals surface area contributed by atoms with Crippen molar-refractivity contribution in [1.82, 2.24) is 0 Å². The van der Waals surface area contributed by atoms with Crippen LogP contribution < -0.4 is 0 Å². The van der Waals surface area contributed by atoms with Gasteiger partial charge in [0.2, 0.25) is 0 Å². The minimum absolute atomic E-state index is 0.181. The molecule has 4 heteroatoms. The third kappa shape index (κ3) is 4.09. The maximum absolute atomic E-state index is 11.8. The van der Waals surface area contributed by atoms with Crippen molar-refractivity contribution >= 4 is 40.9 Å². The van der Waals surface area contributed by atoms with Gasteiger partial charge in [-0.1, -0.05) is 11.6 Å². The van der Waals surface area contributed by atoms with Crippen LogP contribution in [0.15, 0.2) is 24.3 Å². The van der Waals surface area contributed by atoms with Crippen molar-refractivity contribution in [3.8, 4) is 0 Å². The lowest BCUT2D eigenvalue weighted by molar-refractivity contribution is 0.0987. The smallest absolute Gasteiger partial charge is 0.164 e. The van der Waals surface area contributed by atoms with Gasteiger partial charge in [-0.2, -0.15) is 23.5 Å². The summed E-state index contributed by atoms with van der Waals surface area (Å²) < 4.78 is 0.341. The second-order valence-electron chi connectivity index (χ2n) is 3.04. The number of Topliss-reactive ketones (excluding diaryl/α,β-unsaturated/α-hetero) is 1. The average molecular weight is 261 g/mol. The largest absolute Gasteiger partial charge is 0.294 e. The summed E-state index contributed by atoms with van der Waals surface area (Å²) >= 11 is 9.18. The molecule has 0 heterocycles. The van der Waals surface area contributed by atoms with E-state index in [0.29, 0.717) is 16.0 Å². The molecule has 0 fully saturated rings. The normalized spacial score (nSPS) is 10.7. The van der Waals surface area contributed by atoms with E-state index in [4.69, 9.17) is 11.6 Å². The first-order chi connectivity index (χ1) is 7.17. The highest BCUT2D eigenvalue weighted by molar-refractivity contribution is 8.16. The predicted molar refractivity (Wildman–Crippen MR) is 71.2 cm³/mol. The molecule has 1 aromatic rings. The highest BCUT2D eigenvalue weighted by Crippen LogP contribution is 2.24. The van der Waals surface area contributed by atoms with Crippen molar-refractivity contribution in [2.24, 2.45) is 0 Å². The summed E-state index contributed by atoms with van der Waals surface area (Å²) in [5.74, 6) is 0.181. The molecule has 0 bridgehead atoms. The van der Waals surface area contributed by atoms with E-state index in [0.717, 1.165) is 5.56 Å². The summed E-state index contributed by atoms with van der Waals surface area (Å²) in [5.41, 5.74) is 0.743. The molecule has 0 unspecified atom stereocenters. The Morgan fingerprint density at radius 2 is 1.80 bits per heavy atom. The Morgan fingerprint density at radius 3 is 2.27 bits per heavy atom. The number of benzene rings is 1. The second kappa shape index (κ2) is 6.46. The molecule has 0 amide bonds. The predicted octanol–water partition coefficient (Wildman–Crippen LogP) is 3.96. The van der Waals surface area contributed by atoms with Gasteiger partial charge in [-0.15, -0.1) is 0 Å². The van der Waals surface area contributed by atoms with E-state index in [1.165, 1.54) is 0 Å². The molecular formula is C11H13ClOS2. The standard InChI is InChI=1S/C11H13ClOS2/c1-14-11(15-2)7-10(13)8-3-5-9(12)6-4-8/h3-6,11H,7H2,1-2H3. The van der Waals surface area contributed by atoms with E-state index in [2.05, 4.69) is 0 Å². The van der Waals surface area contributed by atoms with Crippen LogP contribution in [0.2, 0.25) is 5.02 Å². The first-order valence-electron chi connectivity index (χ1n) is 4.51. The number of hydrogen-bond acceptors (Lipinski definition) is 3. The van der Waals surface area contributed by atoms with Gasteiger partial charge in [0.25, 0.3) is 0 Å². The summed E-state index contributed by atoms with van der Waals surface area (Å²) in [6.07, 6.45) is 4.62. The highest BCUT2D eigenvalue weighted by atomic mass is 35.5. The Labute approximate surface area is 104 Å². The number of thioether (sulfide) groups is 2. The molecule has 0 saturated carbocycles. The van der Waals surface area contributed by atoms with E-state index in [-0.39, 0.29) is 5.78 Å². The van der Waals surface area contributed by atoms with Gasteiger partial charge in [0, 0.05) is 17.0 Å². The number of carbonyl (C=O) groups excluding carboxylic acids is 1. The van der Waals surface area contributed by atoms with Crippen LogP contribution in [0, 0.1) is 0 Å². The number of rotatable bonds is 5. The molecule has 0 spiro atoms. The Bertz CT molecular complexity index is 320. The molecule has 1 rings (SSSR count). The molecule has 0 saturated heterocycles. The number of carbonyl (C=O) groups is 1. The fraction of sp³-hybridized carbons (Fsp3) is 0.364. The van der Waals surface area contributed by atoms with Crippen LogP contribution in [0.3, 0.4) is 0 Å². The summed E-state index contributed by atoms with van der Waals surface area (Å²) in [6.45, 7) is 0. The lowest BCUT2D eigenvalue weighted by Gasteiger charge is -2.09. The van der Waals surface area contributed by atoms with Crippen LogP contribution in [-0.4, -0.2) is 22.9 Å². The molecule has 0 aliphatic heterocycles. The second-order valence-corrected chi connectivity index (χ2v) is 5.85. The number of hydrogen-bond donors (Lipinski definition) is 0. The Kier molecular flexibility index (Phi) is 5.58. The van der Waals surface area contributed by atoms with E-state index in [1.807, 2.05) is 12.5 Å². The number of halogens is 1. The molecule has 1 aromatic carbocycles. The van der Waals surface area contributed by atoms with Gasteiger partial charge in [0.15, 0.2) is 5.78 Å². The van der Waals surface area contributed by atoms with Gasteiger partial charge < -0.3 is 0 Å². The van der Waals surface area contributed by atoms with E-state index >= 15 is 0 Å². The maximum Gasteiger partial charge on any atom is 0.164 e. The molecule has 0 radical (unpaired) electrons. The van der Waals surface area contributed by atoms with E-state index < -0.39 is 0 Å². The molecule has 1 nitrogen and oxygen atoms in total. The zero-order valence-electron chi connectivity index (χ0n) is 8.70. The lowest BCUT2D eigenvalue weighted by atomic mass is 10.1. The zero-order chi connectivity index (χ0) is 11.3. The van der Waals surface area contributed by atoms with Gasteiger partial charge in [-0.05, 0) is 36.8 Å². The molecular weight excluding hydrogens is 248 g/mol. The van der Waals surface area contributed by atoms with Gasteiger partial charge in [-0.3, -0.25) is 4.79 Å². The van der Waals surface area contributed by atoms with Crippen molar-refractivity contribution in [3.05, 3.63) is 34.9 Å². The first kappa shape index (κ1) is 12.9. The van der Waals surface area contributed by atoms with Gasteiger partial charge in [0.05, 0.1) is 4.58 Å².